The van der Waals surface area contributed by atoms with Crippen LogP contribution in [0, 0.1) is 6.92 Å². The van der Waals surface area contributed by atoms with Gasteiger partial charge in [0.2, 0.25) is 0 Å². The lowest BCUT2D eigenvalue weighted by Gasteiger charge is -2.25. The Morgan fingerprint density at radius 3 is 2.57 bits per heavy atom. The number of imide groups is 1. The Bertz CT molecular complexity index is 756. The van der Waals surface area contributed by atoms with Gasteiger partial charge in [-0.15, -0.1) is 0 Å². The molecule has 1 aliphatic rings. The quantitative estimate of drug-likeness (QED) is 0.873. The normalized spacial score (nSPS) is 20.9. The molecular formula is C16H16ClN3O3. The molecule has 1 atom stereocenters. The Kier molecular flexibility index (Phi) is 3.85. The summed E-state index contributed by atoms with van der Waals surface area (Å²) < 4.78 is 5.10. The van der Waals surface area contributed by atoms with Crippen LogP contribution in [0.3, 0.4) is 0 Å². The second-order valence-electron chi connectivity index (χ2n) is 5.52. The zero-order valence-corrected chi connectivity index (χ0v) is 13.6. The van der Waals surface area contributed by atoms with Gasteiger partial charge in [0.1, 0.15) is 5.54 Å². The number of carbonyl (C=O) groups excluding carboxylic acids is 2. The van der Waals surface area contributed by atoms with Crippen LogP contribution in [0.5, 0.6) is 0 Å². The third-order valence-corrected chi connectivity index (χ3v) is 4.29. The molecule has 1 saturated heterocycles. The Morgan fingerprint density at radius 2 is 2.00 bits per heavy atom. The zero-order chi connectivity index (χ0) is 16.6. The summed E-state index contributed by atoms with van der Waals surface area (Å²) in [6, 6.07) is 8.18. The monoisotopic (exact) mass is 333 g/mol. The molecule has 1 N–H and O–H groups in total. The van der Waals surface area contributed by atoms with E-state index in [9.17, 15) is 9.59 Å². The summed E-state index contributed by atoms with van der Waals surface area (Å²) in [5, 5.41) is 7.16. The minimum absolute atomic E-state index is 0.0564. The summed E-state index contributed by atoms with van der Waals surface area (Å²) in [7, 11) is 0. The smallest absolute Gasteiger partial charge is 0.325 e. The fourth-order valence-electron chi connectivity index (χ4n) is 2.79. The van der Waals surface area contributed by atoms with E-state index in [1.54, 1.807) is 37.3 Å². The summed E-state index contributed by atoms with van der Waals surface area (Å²) in [5.41, 5.74) is 0.335. The lowest BCUT2D eigenvalue weighted by atomic mass is 9.87. The van der Waals surface area contributed by atoms with E-state index < -0.39 is 11.6 Å². The molecule has 1 fully saturated rings. The van der Waals surface area contributed by atoms with E-state index in [1.165, 1.54) is 0 Å². The number of carbonyl (C=O) groups is 2. The average molecular weight is 334 g/mol. The van der Waals surface area contributed by atoms with E-state index >= 15 is 0 Å². The lowest BCUT2D eigenvalue weighted by molar-refractivity contribution is -0.132. The number of nitrogens with zero attached hydrogens (tertiary/aromatic N) is 2. The zero-order valence-electron chi connectivity index (χ0n) is 12.8. The number of nitrogens with one attached hydrogen (secondary N) is 1. The van der Waals surface area contributed by atoms with Gasteiger partial charge in [-0.1, -0.05) is 35.8 Å². The van der Waals surface area contributed by atoms with Crippen molar-refractivity contribution in [1.82, 2.24) is 15.4 Å². The lowest BCUT2D eigenvalue weighted by Crippen LogP contribution is -2.43. The first-order valence-corrected chi connectivity index (χ1v) is 7.66. The largest absolute Gasteiger partial charge is 0.359 e. The number of benzene rings is 1. The standard InChI is InChI=1S/C16H16ClN3O3/c1-3-16(11-4-6-12(17)7-5-11)14(21)20(15(22)18-16)9-13-8-10(2)19-23-13/h4-8H,3,9H2,1-2H3,(H,18,22)/t16-/m1/s1. The van der Waals surface area contributed by atoms with Gasteiger partial charge in [0, 0.05) is 11.1 Å². The summed E-state index contributed by atoms with van der Waals surface area (Å²) >= 11 is 5.91. The second-order valence-corrected chi connectivity index (χ2v) is 5.96. The Hall–Kier alpha value is -2.34. The van der Waals surface area contributed by atoms with Gasteiger partial charge in [-0.05, 0) is 31.0 Å². The molecule has 0 saturated carbocycles. The van der Waals surface area contributed by atoms with E-state index in [1.807, 2.05) is 6.92 Å². The van der Waals surface area contributed by atoms with E-state index in [0.29, 0.717) is 28.5 Å². The predicted octanol–water partition coefficient (Wildman–Crippen LogP) is 2.99. The minimum atomic E-state index is -1.07. The Morgan fingerprint density at radius 1 is 1.30 bits per heavy atom. The molecule has 23 heavy (non-hydrogen) atoms. The molecule has 2 aromatic rings. The summed E-state index contributed by atoms with van der Waals surface area (Å²) in [6.45, 7) is 3.69. The van der Waals surface area contributed by atoms with Gasteiger partial charge in [0.25, 0.3) is 5.91 Å². The molecule has 3 rings (SSSR count). The molecule has 0 radical (unpaired) electrons. The van der Waals surface area contributed by atoms with Gasteiger partial charge in [-0.25, -0.2) is 4.79 Å². The summed E-state index contributed by atoms with van der Waals surface area (Å²) in [4.78, 5) is 26.4. The third kappa shape index (κ3) is 2.59. The maximum Gasteiger partial charge on any atom is 0.325 e. The fourth-order valence-corrected chi connectivity index (χ4v) is 2.92. The van der Waals surface area contributed by atoms with Crippen molar-refractivity contribution in [2.45, 2.75) is 32.4 Å². The van der Waals surface area contributed by atoms with E-state index in [-0.39, 0.29) is 12.5 Å². The second kappa shape index (κ2) is 5.70. The van der Waals surface area contributed by atoms with Crippen molar-refractivity contribution in [1.29, 1.82) is 0 Å². The highest BCUT2D eigenvalue weighted by molar-refractivity contribution is 6.30. The molecule has 0 bridgehead atoms. The number of urea groups is 1. The molecule has 1 aliphatic heterocycles. The molecule has 0 spiro atoms. The SMILES string of the molecule is CC[C@]1(c2ccc(Cl)cc2)NC(=O)N(Cc2cc(C)no2)C1=O. The molecule has 3 amide bonds. The van der Waals surface area contributed by atoms with Crippen molar-refractivity contribution >= 4 is 23.5 Å². The van der Waals surface area contributed by atoms with Crippen molar-refractivity contribution < 1.29 is 14.1 Å². The highest BCUT2D eigenvalue weighted by Crippen LogP contribution is 2.33. The highest BCUT2D eigenvalue weighted by atomic mass is 35.5. The molecule has 2 heterocycles. The fraction of sp³-hybridized carbons (Fsp3) is 0.312. The molecule has 0 unspecified atom stereocenters. The number of amides is 3. The van der Waals surface area contributed by atoms with Crippen LogP contribution in [0.15, 0.2) is 34.9 Å². The van der Waals surface area contributed by atoms with Crippen molar-refractivity contribution in [2.75, 3.05) is 0 Å². The summed E-state index contributed by atoms with van der Waals surface area (Å²) in [6.07, 6.45) is 0.436. The number of halogens is 1. The molecule has 7 heteroatoms. The number of aromatic nitrogens is 1. The molecule has 0 aliphatic carbocycles. The molecule has 120 valence electrons. The van der Waals surface area contributed by atoms with Gasteiger partial charge in [-0.3, -0.25) is 9.69 Å². The predicted molar refractivity (Wildman–Crippen MR) is 83.7 cm³/mol. The van der Waals surface area contributed by atoms with Crippen LogP contribution in [0.2, 0.25) is 5.02 Å². The van der Waals surface area contributed by atoms with E-state index in [0.717, 1.165) is 4.90 Å². The number of hydrogen-bond donors (Lipinski definition) is 1. The Balaban J connectivity index is 1.93. The van der Waals surface area contributed by atoms with Crippen molar-refractivity contribution in [3.8, 4) is 0 Å². The van der Waals surface area contributed by atoms with Crippen LogP contribution in [-0.2, 0) is 16.9 Å². The number of rotatable bonds is 4. The maximum absolute atomic E-state index is 12.9. The Labute approximate surface area is 138 Å². The molecule has 1 aromatic heterocycles. The third-order valence-electron chi connectivity index (χ3n) is 4.03. The van der Waals surface area contributed by atoms with Gasteiger partial charge in [0.15, 0.2) is 5.76 Å². The van der Waals surface area contributed by atoms with Crippen molar-refractivity contribution in [2.24, 2.45) is 0 Å². The minimum Gasteiger partial charge on any atom is -0.359 e. The van der Waals surface area contributed by atoms with Crippen LogP contribution < -0.4 is 5.32 Å². The van der Waals surface area contributed by atoms with Crippen LogP contribution in [0.25, 0.3) is 0 Å². The highest BCUT2D eigenvalue weighted by Gasteiger charge is 2.51. The summed E-state index contributed by atoms with van der Waals surface area (Å²) in [5.74, 6) is 0.162. The first-order chi connectivity index (χ1) is 11.0. The van der Waals surface area contributed by atoms with Gasteiger partial charge in [0.05, 0.1) is 12.2 Å². The molecule has 1 aromatic carbocycles. The topological polar surface area (TPSA) is 75.4 Å². The van der Waals surface area contributed by atoms with Gasteiger partial charge >= 0.3 is 6.03 Å². The molecule has 6 nitrogen and oxygen atoms in total. The van der Waals surface area contributed by atoms with Crippen LogP contribution in [0.1, 0.15) is 30.4 Å². The van der Waals surface area contributed by atoms with Crippen LogP contribution in [0.4, 0.5) is 4.79 Å². The first kappa shape index (κ1) is 15.6. The van der Waals surface area contributed by atoms with Crippen LogP contribution in [-0.4, -0.2) is 22.0 Å². The average Bonchev–Trinajstić information content (AvgIpc) is 3.05. The van der Waals surface area contributed by atoms with E-state index in [2.05, 4.69) is 10.5 Å². The molecular weight excluding hydrogens is 318 g/mol. The van der Waals surface area contributed by atoms with E-state index in [4.69, 9.17) is 16.1 Å². The maximum atomic E-state index is 12.9. The number of aryl methyl sites for hydroxylation is 1. The number of hydrogen-bond acceptors (Lipinski definition) is 4. The van der Waals surface area contributed by atoms with Crippen LogP contribution >= 0.6 is 11.6 Å². The van der Waals surface area contributed by atoms with Crippen molar-refractivity contribution in [3.05, 3.63) is 52.4 Å². The first-order valence-electron chi connectivity index (χ1n) is 7.28. The van der Waals surface area contributed by atoms with Crippen molar-refractivity contribution in [3.63, 3.8) is 0 Å². The van der Waals surface area contributed by atoms with Gasteiger partial charge < -0.3 is 9.84 Å². The van der Waals surface area contributed by atoms with Gasteiger partial charge in [-0.2, -0.15) is 0 Å².